The number of hydrogen-bond donors (Lipinski definition) is 11. The van der Waals surface area contributed by atoms with Crippen LogP contribution in [0.25, 0.3) is 0 Å². The summed E-state index contributed by atoms with van der Waals surface area (Å²) < 4.78 is 33.3. The first-order chi connectivity index (χ1) is 28.2. The van der Waals surface area contributed by atoms with E-state index in [4.69, 9.17) is 33.3 Å². The first-order valence-electron chi connectivity index (χ1n) is 20.0. The molecule has 4 rings (SSSR count). The van der Waals surface area contributed by atoms with Crippen molar-refractivity contribution >= 4 is 23.7 Å². The number of unbranched alkanes of at least 4 members (excludes halogenated alkanes) is 7. The van der Waals surface area contributed by atoms with Gasteiger partial charge >= 0.3 is 5.97 Å². The van der Waals surface area contributed by atoms with Gasteiger partial charge in [-0.05, 0) is 12.8 Å². The molecule has 23 heteroatoms. The molecular weight excluding hydrogens is 796 g/mol. The van der Waals surface area contributed by atoms with Gasteiger partial charge in [0.15, 0.2) is 18.9 Å². The van der Waals surface area contributed by atoms with Crippen LogP contribution in [-0.4, -0.2) is 205 Å². The highest BCUT2D eigenvalue weighted by atomic mass is 16.8. The SMILES string of the molecule is O=C(CCCCCCCCCCC(=O)ON1C(=O)CCC1=O)NCCO[C@H]1O[C@H](CO[C@H]2O[C@H](CO)[C@@H](O)[C@H](O)[C@@H]2O)[C@@H](O)[C@H](O[C@H]2O[C@H](CO)[C@@H](O)[C@H](O)[C@@H]2O)[C@@H]1O. The van der Waals surface area contributed by atoms with E-state index < -0.39 is 130 Å². The van der Waals surface area contributed by atoms with Crippen molar-refractivity contribution in [1.29, 1.82) is 0 Å². The highest BCUT2D eigenvalue weighted by Crippen LogP contribution is 2.31. The summed E-state index contributed by atoms with van der Waals surface area (Å²) in [6.45, 7) is -2.36. The fourth-order valence-corrected chi connectivity index (χ4v) is 6.94. The second-order valence-corrected chi connectivity index (χ2v) is 14.9. The van der Waals surface area contributed by atoms with Gasteiger partial charge in [-0.15, -0.1) is 5.06 Å². The van der Waals surface area contributed by atoms with Crippen LogP contribution in [0, 0.1) is 0 Å². The number of ether oxygens (including phenoxy) is 6. The number of rotatable bonds is 23. The standard InChI is InChI=1S/C36H60N2O21/c39-15-18-25(45)28(48)30(50)34(55-18)54-17-20-27(47)33(58-36-31(51)29(49)26(46)19(16-40)56-36)32(52)35(57-20)53-14-13-37-21(41)9-7-5-3-1-2-4-6-8-10-24(44)59-38-22(42)11-12-23(38)43/h18-20,25-36,39-40,45-52H,1-17H2,(H,37,41)/t18-,19-,20-,25-,26-,27-,28+,29+,30+,31+,32+,33+,34+,35+,36-/m1/s1. The van der Waals surface area contributed by atoms with Gasteiger partial charge in [0.2, 0.25) is 5.91 Å². The van der Waals surface area contributed by atoms with Gasteiger partial charge in [0.1, 0.15) is 73.2 Å². The molecule has 0 saturated carbocycles. The normalized spacial score (nSPS) is 36.5. The Hall–Kier alpha value is -2.56. The lowest BCUT2D eigenvalue weighted by molar-refractivity contribution is -0.366. The molecule has 340 valence electrons. The van der Waals surface area contributed by atoms with E-state index in [2.05, 4.69) is 5.32 Å². The number of nitrogens with zero attached hydrogens (tertiary/aromatic N) is 1. The molecule has 0 radical (unpaired) electrons. The Morgan fingerprint density at radius 3 is 1.66 bits per heavy atom. The predicted octanol–water partition coefficient (Wildman–Crippen LogP) is -4.92. The van der Waals surface area contributed by atoms with Gasteiger partial charge in [0.05, 0.1) is 26.4 Å². The second kappa shape index (κ2) is 24.2. The minimum Gasteiger partial charge on any atom is -0.394 e. The second-order valence-electron chi connectivity index (χ2n) is 14.9. The van der Waals surface area contributed by atoms with E-state index in [0.29, 0.717) is 17.9 Å². The maximum atomic E-state index is 12.4. The number of aliphatic hydroxyl groups is 10. The lowest BCUT2D eigenvalue weighted by atomic mass is 9.96. The molecule has 0 spiro atoms. The number of carbonyl (C=O) groups excluding carboxylic acids is 4. The van der Waals surface area contributed by atoms with Crippen LogP contribution in [0.2, 0.25) is 0 Å². The van der Waals surface area contributed by atoms with Crippen molar-refractivity contribution in [2.24, 2.45) is 0 Å². The van der Waals surface area contributed by atoms with Gasteiger partial charge < -0.3 is 89.6 Å². The smallest absolute Gasteiger partial charge is 0.333 e. The van der Waals surface area contributed by atoms with Crippen LogP contribution in [0.4, 0.5) is 0 Å². The molecule has 4 fully saturated rings. The van der Waals surface area contributed by atoms with E-state index in [1.807, 2.05) is 0 Å². The summed E-state index contributed by atoms with van der Waals surface area (Å²) in [5, 5.41) is 106. The summed E-state index contributed by atoms with van der Waals surface area (Å²) in [4.78, 5) is 52.2. The third-order valence-electron chi connectivity index (χ3n) is 10.5. The largest absolute Gasteiger partial charge is 0.394 e. The third kappa shape index (κ3) is 13.7. The molecule has 15 atom stereocenters. The van der Waals surface area contributed by atoms with E-state index in [9.17, 15) is 70.2 Å². The minimum absolute atomic E-state index is 0.0174. The van der Waals surface area contributed by atoms with Gasteiger partial charge in [0, 0.05) is 32.2 Å². The Labute approximate surface area is 339 Å². The van der Waals surface area contributed by atoms with E-state index in [-0.39, 0.29) is 44.7 Å². The van der Waals surface area contributed by atoms with Gasteiger partial charge in [0.25, 0.3) is 11.8 Å². The number of hydroxylamine groups is 2. The number of aliphatic hydroxyl groups excluding tert-OH is 10. The van der Waals surface area contributed by atoms with Crippen LogP contribution < -0.4 is 5.32 Å². The number of hydrogen-bond acceptors (Lipinski definition) is 21. The first kappa shape index (κ1) is 49.1. The van der Waals surface area contributed by atoms with Gasteiger partial charge in [-0.2, -0.15) is 0 Å². The van der Waals surface area contributed by atoms with Crippen LogP contribution >= 0.6 is 0 Å². The number of imide groups is 1. The Bertz CT molecular complexity index is 1310. The summed E-state index contributed by atoms with van der Waals surface area (Å²) in [6, 6.07) is 0. The van der Waals surface area contributed by atoms with Crippen LogP contribution in [-0.2, 0) is 52.4 Å². The average molecular weight is 857 g/mol. The highest BCUT2D eigenvalue weighted by Gasteiger charge is 2.52. The molecule has 0 aliphatic carbocycles. The summed E-state index contributed by atoms with van der Waals surface area (Å²) >= 11 is 0. The topological polar surface area (TPSA) is 350 Å². The first-order valence-corrected chi connectivity index (χ1v) is 20.0. The van der Waals surface area contributed by atoms with E-state index in [1.54, 1.807) is 0 Å². The maximum absolute atomic E-state index is 12.4. The molecule has 4 saturated heterocycles. The molecule has 4 aliphatic rings. The van der Waals surface area contributed by atoms with Crippen LogP contribution in [0.15, 0.2) is 0 Å². The fraction of sp³-hybridized carbons (Fsp3) is 0.889. The van der Waals surface area contributed by atoms with E-state index in [0.717, 1.165) is 38.5 Å². The van der Waals surface area contributed by atoms with Crippen LogP contribution in [0.1, 0.15) is 77.0 Å². The lowest BCUT2D eigenvalue weighted by Gasteiger charge is -2.46. The van der Waals surface area contributed by atoms with Crippen molar-refractivity contribution in [2.45, 2.75) is 169 Å². The predicted molar refractivity (Wildman–Crippen MR) is 191 cm³/mol. The molecule has 4 heterocycles. The summed E-state index contributed by atoms with van der Waals surface area (Å²) in [7, 11) is 0. The molecule has 0 aromatic heterocycles. The molecule has 11 N–H and O–H groups in total. The molecule has 0 aromatic rings. The van der Waals surface area contributed by atoms with Crippen molar-refractivity contribution in [3.8, 4) is 0 Å². The molecule has 4 aliphatic heterocycles. The van der Waals surface area contributed by atoms with Gasteiger partial charge in [-0.3, -0.25) is 14.4 Å². The van der Waals surface area contributed by atoms with Crippen molar-refractivity contribution in [3.05, 3.63) is 0 Å². The maximum Gasteiger partial charge on any atom is 0.333 e. The minimum atomic E-state index is -1.90. The molecule has 23 nitrogen and oxygen atoms in total. The molecule has 3 amide bonds. The zero-order chi connectivity index (χ0) is 43.2. The molecule has 0 aromatic carbocycles. The van der Waals surface area contributed by atoms with Crippen LogP contribution in [0.5, 0.6) is 0 Å². The van der Waals surface area contributed by atoms with Crippen molar-refractivity contribution in [1.82, 2.24) is 10.4 Å². The monoisotopic (exact) mass is 856 g/mol. The summed E-state index contributed by atoms with van der Waals surface area (Å²) in [5.41, 5.74) is 0. The Kier molecular flexibility index (Phi) is 20.1. The van der Waals surface area contributed by atoms with E-state index >= 15 is 0 Å². The Morgan fingerprint density at radius 2 is 1.08 bits per heavy atom. The van der Waals surface area contributed by atoms with Crippen molar-refractivity contribution in [3.63, 3.8) is 0 Å². The summed E-state index contributed by atoms with van der Waals surface area (Å²) in [5.74, 6) is -1.89. The molecule has 0 bridgehead atoms. The van der Waals surface area contributed by atoms with Crippen molar-refractivity contribution < 1.29 is 104 Å². The van der Waals surface area contributed by atoms with Gasteiger partial charge in [-0.1, -0.05) is 38.5 Å². The van der Waals surface area contributed by atoms with E-state index in [1.165, 1.54) is 0 Å². The molecule has 59 heavy (non-hydrogen) atoms. The lowest BCUT2D eigenvalue weighted by Crippen LogP contribution is -2.65. The van der Waals surface area contributed by atoms with Gasteiger partial charge in [-0.25, -0.2) is 4.79 Å². The highest BCUT2D eigenvalue weighted by molar-refractivity contribution is 6.01. The zero-order valence-corrected chi connectivity index (χ0v) is 32.6. The average Bonchev–Trinajstić information content (AvgIpc) is 3.53. The zero-order valence-electron chi connectivity index (χ0n) is 32.6. The van der Waals surface area contributed by atoms with Crippen LogP contribution in [0.3, 0.4) is 0 Å². The third-order valence-corrected chi connectivity index (χ3v) is 10.5. The molecular formula is C36H60N2O21. The number of carbonyl (C=O) groups is 4. The number of nitrogens with one attached hydrogen (secondary N) is 1. The molecule has 0 unspecified atom stereocenters. The Morgan fingerprint density at radius 1 is 0.593 bits per heavy atom. The Balaban J connectivity index is 1.17. The fourth-order valence-electron chi connectivity index (χ4n) is 6.94. The van der Waals surface area contributed by atoms with Crippen molar-refractivity contribution in [2.75, 3.05) is 33.0 Å². The quantitative estimate of drug-likeness (QED) is 0.0339. The summed E-state index contributed by atoms with van der Waals surface area (Å²) in [6.07, 6.45) is -18.2. The number of amides is 3.